The molecule has 0 bridgehead atoms. The molecule has 0 spiro atoms. The summed E-state index contributed by atoms with van der Waals surface area (Å²) < 4.78 is 12.1. The van der Waals surface area contributed by atoms with E-state index in [4.69, 9.17) is 9.47 Å². The Bertz CT molecular complexity index is 423. The lowest BCUT2D eigenvalue weighted by molar-refractivity contribution is 0.133. The van der Waals surface area contributed by atoms with Crippen LogP contribution in [-0.2, 0) is 4.74 Å². The largest absolute Gasteiger partial charge is 0.493 e. The summed E-state index contributed by atoms with van der Waals surface area (Å²) in [5.41, 5.74) is 1.24. The lowest BCUT2D eigenvalue weighted by Crippen LogP contribution is -2.41. The molecule has 1 heterocycles. The van der Waals surface area contributed by atoms with Crippen molar-refractivity contribution in [3.63, 3.8) is 0 Å². The molecular weight excluding hydrogens is 306 g/mol. The Morgan fingerprint density at radius 3 is 2.95 bits per heavy atom. The Morgan fingerprint density at radius 1 is 1.47 bits per heavy atom. The molecule has 0 radical (unpaired) electrons. The Kier molecular flexibility index (Phi) is 5.25. The van der Waals surface area contributed by atoms with Gasteiger partial charge in [-0.1, -0.05) is 29.8 Å². The van der Waals surface area contributed by atoms with Crippen LogP contribution < -0.4 is 10.1 Å². The first-order valence-electron chi connectivity index (χ1n) is 6.79. The highest BCUT2D eigenvalue weighted by Gasteiger charge is 2.25. The maximum absolute atomic E-state index is 5.72. The van der Waals surface area contributed by atoms with Gasteiger partial charge in [-0.15, -0.1) is 0 Å². The molecule has 1 N–H and O–H groups in total. The minimum absolute atomic E-state index is 0.337. The van der Waals surface area contributed by atoms with Gasteiger partial charge in [0.05, 0.1) is 13.2 Å². The molecule has 106 valence electrons. The van der Waals surface area contributed by atoms with E-state index in [0.29, 0.717) is 18.0 Å². The normalized spacial score (nSPS) is 19.9. The van der Waals surface area contributed by atoms with Crippen molar-refractivity contribution in [1.29, 1.82) is 0 Å². The molecule has 3 nitrogen and oxygen atoms in total. The molecule has 0 amide bonds. The van der Waals surface area contributed by atoms with E-state index in [0.717, 1.165) is 29.9 Å². The van der Waals surface area contributed by atoms with Gasteiger partial charge in [0.2, 0.25) is 0 Å². The number of hydrogen-bond acceptors (Lipinski definition) is 3. The summed E-state index contributed by atoms with van der Waals surface area (Å²) in [6, 6.07) is 6.91. The smallest absolute Gasteiger partial charge is 0.124 e. The van der Waals surface area contributed by atoms with Crippen molar-refractivity contribution in [1.82, 2.24) is 5.32 Å². The van der Waals surface area contributed by atoms with E-state index < -0.39 is 0 Å². The van der Waals surface area contributed by atoms with Gasteiger partial charge in [-0.25, -0.2) is 0 Å². The molecule has 1 aliphatic rings. The third-order valence-corrected chi connectivity index (χ3v) is 4.07. The zero-order valence-corrected chi connectivity index (χ0v) is 13.4. The van der Waals surface area contributed by atoms with E-state index in [2.05, 4.69) is 41.2 Å². The van der Waals surface area contributed by atoms with Crippen LogP contribution in [0.1, 0.15) is 31.9 Å². The lowest BCUT2D eigenvalue weighted by atomic mass is 9.97. The summed E-state index contributed by atoms with van der Waals surface area (Å²) >= 11 is 3.54. The standard InChI is InChI=1S/C15H22BrNO2/c1-10(2)14(9-18-3)17-13-6-7-19-15-5-4-11(16)8-12(13)15/h4-5,8,10,13-14,17H,6-7,9H2,1-3H3. The Balaban J connectivity index is 2.16. The molecule has 2 rings (SSSR count). The van der Waals surface area contributed by atoms with Crippen LogP contribution in [0.15, 0.2) is 22.7 Å². The van der Waals surface area contributed by atoms with Gasteiger partial charge < -0.3 is 14.8 Å². The molecule has 1 aromatic rings. The quantitative estimate of drug-likeness (QED) is 0.897. The molecule has 0 fully saturated rings. The fourth-order valence-corrected chi connectivity index (χ4v) is 2.79. The maximum Gasteiger partial charge on any atom is 0.124 e. The first-order chi connectivity index (χ1) is 9.11. The molecule has 1 aliphatic heterocycles. The molecule has 0 saturated carbocycles. The third kappa shape index (κ3) is 3.71. The van der Waals surface area contributed by atoms with Gasteiger partial charge in [0.25, 0.3) is 0 Å². The van der Waals surface area contributed by atoms with Crippen molar-refractivity contribution in [2.24, 2.45) is 5.92 Å². The van der Waals surface area contributed by atoms with E-state index in [1.54, 1.807) is 7.11 Å². The van der Waals surface area contributed by atoms with Crippen molar-refractivity contribution < 1.29 is 9.47 Å². The number of halogens is 1. The molecule has 4 heteroatoms. The molecule has 1 aromatic carbocycles. The monoisotopic (exact) mass is 327 g/mol. The van der Waals surface area contributed by atoms with Crippen LogP contribution in [-0.4, -0.2) is 26.4 Å². The average molecular weight is 328 g/mol. The van der Waals surface area contributed by atoms with Crippen LogP contribution in [0.25, 0.3) is 0 Å². The first kappa shape index (κ1) is 14.8. The number of nitrogens with one attached hydrogen (secondary N) is 1. The predicted octanol–water partition coefficient (Wildman–Crippen LogP) is 3.53. The topological polar surface area (TPSA) is 30.5 Å². The summed E-state index contributed by atoms with van der Waals surface area (Å²) in [5, 5.41) is 3.71. The highest BCUT2D eigenvalue weighted by atomic mass is 79.9. The number of rotatable bonds is 5. The molecule has 0 saturated heterocycles. The Morgan fingerprint density at radius 2 is 2.26 bits per heavy atom. The van der Waals surface area contributed by atoms with Crippen LogP contribution in [0.2, 0.25) is 0 Å². The van der Waals surface area contributed by atoms with Crippen LogP contribution in [0.5, 0.6) is 5.75 Å². The number of hydrogen-bond donors (Lipinski definition) is 1. The van der Waals surface area contributed by atoms with Gasteiger partial charge in [0.15, 0.2) is 0 Å². The average Bonchev–Trinajstić information content (AvgIpc) is 2.38. The van der Waals surface area contributed by atoms with Gasteiger partial charge in [-0.2, -0.15) is 0 Å². The summed E-state index contributed by atoms with van der Waals surface area (Å²) in [6.45, 7) is 5.94. The van der Waals surface area contributed by atoms with Crippen molar-refractivity contribution in [2.45, 2.75) is 32.4 Å². The van der Waals surface area contributed by atoms with E-state index in [1.165, 1.54) is 5.56 Å². The van der Waals surface area contributed by atoms with Crippen LogP contribution >= 0.6 is 15.9 Å². The molecule has 0 aromatic heterocycles. The SMILES string of the molecule is COCC(NC1CCOc2ccc(Br)cc21)C(C)C. The maximum atomic E-state index is 5.72. The highest BCUT2D eigenvalue weighted by molar-refractivity contribution is 9.10. The fraction of sp³-hybridized carbons (Fsp3) is 0.600. The summed E-state index contributed by atoms with van der Waals surface area (Å²) in [7, 11) is 1.76. The number of fused-ring (bicyclic) bond motifs is 1. The predicted molar refractivity (Wildman–Crippen MR) is 80.6 cm³/mol. The van der Waals surface area contributed by atoms with Gasteiger partial charge in [0, 0.05) is 35.7 Å². The molecule has 0 aliphatic carbocycles. The zero-order chi connectivity index (χ0) is 13.8. The van der Waals surface area contributed by atoms with E-state index in [-0.39, 0.29) is 0 Å². The summed E-state index contributed by atoms with van der Waals surface area (Å²) in [4.78, 5) is 0. The highest BCUT2D eigenvalue weighted by Crippen LogP contribution is 2.34. The number of methoxy groups -OCH3 is 1. The van der Waals surface area contributed by atoms with Crippen molar-refractivity contribution in [2.75, 3.05) is 20.3 Å². The molecule has 2 unspecified atom stereocenters. The van der Waals surface area contributed by atoms with Gasteiger partial charge in [0.1, 0.15) is 5.75 Å². The van der Waals surface area contributed by atoms with Gasteiger partial charge >= 0.3 is 0 Å². The van der Waals surface area contributed by atoms with Crippen molar-refractivity contribution >= 4 is 15.9 Å². The van der Waals surface area contributed by atoms with Crippen LogP contribution in [0, 0.1) is 5.92 Å². The van der Waals surface area contributed by atoms with E-state index in [1.807, 2.05) is 12.1 Å². The molecular formula is C15H22BrNO2. The van der Waals surface area contributed by atoms with Crippen molar-refractivity contribution in [3.8, 4) is 5.75 Å². The lowest BCUT2D eigenvalue weighted by Gasteiger charge is -2.32. The first-order valence-corrected chi connectivity index (χ1v) is 7.58. The number of ether oxygens (including phenoxy) is 2. The minimum Gasteiger partial charge on any atom is -0.493 e. The Labute approximate surface area is 123 Å². The molecule has 19 heavy (non-hydrogen) atoms. The van der Waals surface area contributed by atoms with Gasteiger partial charge in [-0.05, 0) is 24.1 Å². The zero-order valence-electron chi connectivity index (χ0n) is 11.8. The Hall–Kier alpha value is -0.580. The van der Waals surface area contributed by atoms with Crippen LogP contribution in [0.3, 0.4) is 0 Å². The summed E-state index contributed by atoms with van der Waals surface area (Å²) in [5.74, 6) is 1.53. The fourth-order valence-electron chi connectivity index (χ4n) is 2.41. The van der Waals surface area contributed by atoms with E-state index in [9.17, 15) is 0 Å². The van der Waals surface area contributed by atoms with Crippen LogP contribution in [0.4, 0.5) is 0 Å². The third-order valence-electron chi connectivity index (χ3n) is 3.58. The second-order valence-electron chi connectivity index (χ2n) is 5.34. The van der Waals surface area contributed by atoms with E-state index >= 15 is 0 Å². The summed E-state index contributed by atoms with van der Waals surface area (Å²) in [6.07, 6.45) is 0.996. The number of benzene rings is 1. The second-order valence-corrected chi connectivity index (χ2v) is 6.26. The van der Waals surface area contributed by atoms with Crippen molar-refractivity contribution in [3.05, 3.63) is 28.2 Å². The minimum atomic E-state index is 0.337. The molecule has 2 atom stereocenters. The van der Waals surface area contributed by atoms with Gasteiger partial charge in [-0.3, -0.25) is 0 Å². The second kappa shape index (κ2) is 6.73.